The molecular weight excluding hydrogens is 270 g/mol. The van der Waals surface area contributed by atoms with Crippen molar-refractivity contribution in [3.63, 3.8) is 0 Å². The number of rotatable bonds is 3. The molecule has 0 spiro atoms. The highest BCUT2D eigenvalue weighted by atomic mass is 16.6. The first-order valence-electron chi connectivity index (χ1n) is 7.29. The average molecular weight is 287 g/mol. The Kier molecular flexibility index (Phi) is 3.49. The first kappa shape index (κ1) is 13.8. The second-order valence-electron chi connectivity index (χ2n) is 5.69. The zero-order valence-corrected chi connectivity index (χ0v) is 11.9. The van der Waals surface area contributed by atoms with Crippen LogP contribution in [0.4, 0.5) is 5.69 Å². The number of furan rings is 1. The van der Waals surface area contributed by atoms with Gasteiger partial charge in [-0.25, -0.2) is 0 Å². The number of hydrogen-bond donors (Lipinski definition) is 0. The number of nitro groups is 1. The Labute approximate surface area is 122 Å². The lowest BCUT2D eigenvalue weighted by Gasteiger charge is -2.19. The third-order valence-corrected chi connectivity index (χ3v) is 4.33. The van der Waals surface area contributed by atoms with Gasteiger partial charge in [0.15, 0.2) is 5.76 Å². The van der Waals surface area contributed by atoms with Crippen molar-refractivity contribution in [1.82, 2.24) is 0 Å². The SMILES string of the molecule is Cc1c(C(=O)C2CCCCC2)oc2ccc([N+](=O)[O-])cc12. The summed E-state index contributed by atoms with van der Waals surface area (Å²) in [5, 5.41) is 11.5. The molecule has 1 aliphatic rings. The summed E-state index contributed by atoms with van der Waals surface area (Å²) >= 11 is 0. The van der Waals surface area contributed by atoms with Crippen LogP contribution in [0.1, 0.15) is 48.2 Å². The van der Waals surface area contributed by atoms with E-state index in [9.17, 15) is 14.9 Å². The summed E-state index contributed by atoms with van der Waals surface area (Å²) < 4.78 is 5.68. The summed E-state index contributed by atoms with van der Waals surface area (Å²) in [4.78, 5) is 23.0. The van der Waals surface area contributed by atoms with Crippen molar-refractivity contribution >= 4 is 22.4 Å². The standard InChI is InChI=1S/C16H17NO4/c1-10-13-9-12(17(19)20)7-8-14(13)21-16(10)15(18)11-5-3-2-4-6-11/h7-9,11H,2-6H2,1H3. The van der Waals surface area contributed by atoms with E-state index in [2.05, 4.69) is 0 Å². The highest BCUT2D eigenvalue weighted by Crippen LogP contribution is 2.33. The summed E-state index contributed by atoms with van der Waals surface area (Å²) in [5.41, 5.74) is 1.27. The molecule has 5 nitrogen and oxygen atoms in total. The number of hydrogen-bond acceptors (Lipinski definition) is 4. The Morgan fingerprint density at radius 2 is 2.00 bits per heavy atom. The number of non-ortho nitro benzene ring substituents is 1. The maximum absolute atomic E-state index is 12.6. The number of Topliss-reactive ketones (excluding diaryl/α,β-unsaturated/α-hetero) is 1. The molecule has 0 radical (unpaired) electrons. The maximum Gasteiger partial charge on any atom is 0.270 e. The largest absolute Gasteiger partial charge is 0.453 e. The molecule has 1 aliphatic carbocycles. The monoisotopic (exact) mass is 287 g/mol. The number of nitrogens with zero attached hydrogens (tertiary/aromatic N) is 1. The summed E-state index contributed by atoms with van der Waals surface area (Å²) in [5.74, 6) is 0.455. The minimum Gasteiger partial charge on any atom is -0.453 e. The molecular formula is C16H17NO4. The molecule has 0 saturated heterocycles. The fraction of sp³-hybridized carbons (Fsp3) is 0.438. The van der Waals surface area contributed by atoms with Crippen molar-refractivity contribution in [2.45, 2.75) is 39.0 Å². The van der Waals surface area contributed by atoms with Crippen molar-refractivity contribution in [1.29, 1.82) is 0 Å². The van der Waals surface area contributed by atoms with Crippen LogP contribution in [0.25, 0.3) is 11.0 Å². The van der Waals surface area contributed by atoms with E-state index in [1.54, 1.807) is 13.0 Å². The minimum absolute atomic E-state index is 0.0167. The van der Waals surface area contributed by atoms with Crippen LogP contribution >= 0.6 is 0 Å². The van der Waals surface area contributed by atoms with Crippen LogP contribution in [-0.4, -0.2) is 10.7 Å². The van der Waals surface area contributed by atoms with Gasteiger partial charge in [0.2, 0.25) is 5.78 Å². The van der Waals surface area contributed by atoms with Gasteiger partial charge >= 0.3 is 0 Å². The van der Waals surface area contributed by atoms with Crippen LogP contribution in [0.2, 0.25) is 0 Å². The maximum atomic E-state index is 12.6. The van der Waals surface area contributed by atoms with Crippen LogP contribution in [-0.2, 0) is 0 Å². The fourth-order valence-electron chi connectivity index (χ4n) is 3.11. The van der Waals surface area contributed by atoms with E-state index in [1.807, 2.05) is 0 Å². The van der Waals surface area contributed by atoms with Gasteiger partial charge < -0.3 is 4.42 Å². The summed E-state index contributed by atoms with van der Waals surface area (Å²) in [6.07, 6.45) is 5.18. The topological polar surface area (TPSA) is 73.3 Å². The van der Waals surface area contributed by atoms with Crippen molar-refractivity contribution in [2.24, 2.45) is 5.92 Å². The Morgan fingerprint density at radius 1 is 1.29 bits per heavy atom. The number of fused-ring (bicyclic) bond motifs is 1. The first-order chi connectivity index (χ1) is 10.1. The van der Waals surface area contributed by atoms with Gasteiger partial charge in [-0.1, -0.05) is 19.3 Å². The molecule has 0 N–H and O–H groups in total. The van der Waals surface area contributed by atoms with Gasteiger partial charge in [0.25, 0.3) is 5.69 Å². The third kappa shape index (κ3) is 2.44. The van der Waals surface area contributed by atoms with Crippen LogP contribution in [0, 0.1) is 23.0 Å². The Balaban J connectivity index is 2.01. The molecule has 3 rings (SSSR count). The fourth-order valence-corrected chi connectivity index (χ4v) is 3.11. The van der Waals surface area contributed by atoms with E-state index >= 15 is 0 Å². The zero-order valence-electron chi connectivity index (χ0n) is 11.9. The highest BCUT2D eigenvalue weighted by molar-refractivity contribution is 6.01. The molecule has 1 fully saturated rings. The lowest BCUT2D eigenvalue weighted by Crippen LogP contribution is -2.17. The third-order valence-electron chi connectivity index (χ3n) is 4.33. The smallest absolute Gasteiger partial charge is 0.270 e. The van der Waals surface area contributed by atoms with Crippen molar-refractivity contribution in [2.75, 3.05) is 0 Å². The molecule has 1 saturated carbocycles. The van der Waals surface area contributed by atoms with Gasteiger partial charge in [-0.05, 0) is 25.8 Å². The molecule has 0 atom stereocenters. The van der Waals surface area contributed by atoms with Gasteiger partial charge in [-0.15, -0.1) is 0 Å². The minimum atomic E-state index is -0.436. The second-order valence-corrected chi connectivity index (χ2v) is 5.69. The van der Waals surface area contributed by atoms with Gasteiger partial charge in [-0.3, -0.25) is 14.9 Å². The molecule has 0 aliphatic heterocycles. The van der Waals surface area contributed by atoms with Gasteiger partial charge in [0.05, 0.1) is 4.92 Å². The highest BCUT2D eigenvalue weighted by Gasteiger charge is 2.27. The van der Waals surface area contributed by atoms with Gasteiger partial charge in [0.1, 0.15) is 5.58 Å². The van der Waals surface area contributed by atoms with Crippen molar-refractivity contribution in [3.05, 3.63) is 39.6 Å². The lowest BCUT2D eigenvalue weighted by atomic mass is 9.85. The predicted octanol–water partition coefficient (Wildman–Crippen LogP) is 4.41. The molecule has 1 heterocycles. The van der Waals surface area contributed by atoms with E-state index in [-0.39, 0.29) is 17.4 Å². The lowest BCUT2D eigenvalue weighted by molar-refractivity contribution is -0.384. The van der Waals surface area contributed by atoms with Gasteiger partial charge in [-0.2, -0.15) is 0 Å². The van der Waals surface area contributed by atoms with E-state index in [0.717, 1.165) is 25.7 Å². The molecule has 0 unspecified atom stereocenters. The number of nitro benzene ring substituents is 1. The zero-order chi connectivity index (χ0) is 15.0. The van der Waals surface area contributed by atoms with E-state index in [1.165, 1.54) is 18.6 Å². The summed E-state index contributed by atoms with van der Waals surface area (Å²) in [6, 6.07) is 4.45. The van der Waals surface area contributed by atoms with Crippen LogP contribution in [0.3, 0.4) is 0 Å². The number of benzene rings is 1. The molecule has 21 heavy (non-hydrogen) atoms. The van der Waals surface area contributed by atoms with Crippen LogP contribution < -0.4 is 0 Å². The molecule has 1 aromatic heterocycles. The van der Waals surface area contributed by atoms with E-state index < -0.39 is 4.92 Å². The molecule has 5 heteroatoms. The first-order valence-corrected chi connectivity index (χ1v) is 7.29. The van der Waals surface area contributed by atoms with Crippen LogP contribution in [0.5, 0.6) is 0 Å². The Bertz CT molecular complexity index is 710. The van der Waals surface area contributed by atoms with E-state index in [0.29, 0.717) is 22.3 Å². The molecule has 2 aromatic rings. The summed E-state index contributed by atoms with van der Waals surface area (Å²) in [7, 11) is 0. The Morgan fingerprint density at radius 3 is 2.67 bits per heavy atom. The normalized spacial score (nSPS) is 16.2. The molecule has 0 amide bonds. The number of ketones is 1. The van der Waals surface area contributed by atoms with Crippen molar-refractivity contribution in [3.8, 4) is 0 Å². The van der Waals surface area contributed by atoms with E-state index in [4.69, 9.17) is 4.42 Å². The number of carbonyl (C=O) groups is 1. The Hall–Kier alpha value is -2.17. The molecule has 1 aromatic carbocycles. The van der Waals surface area contributed by atoms with Crippen molar-refractivity contribution < 1.29 is 14.1 Å². The predicted molar refractivity (Wildman–Crippen MR) is 78.5 cm³/mol. The average Bonchev–Trinajstić information content (AvgIpc) is 2.84. The number of carbonyl (C=O) groups excluding carboxylic acids is 1. The number of aryl methyl sites for hydroxylation is 1. The van der Waals surface area contributed by atoms with Crippen LogP contribution in [0.15, 0.2) is 22.6 Å². The van der Waals surface area contributed by atoms with Gasteiger partial charge in [0, 0.05) is 29.0 Å². The summed E-state index contributed by atoms with van der Waals surface area (Å²) in [6.45, 7) is 1.80. The molecule has 0 bridgehead atoms. The molecule has 110 valence electrons. The second kappa shape index (κ2) is 5.31. The quantitative estimate of drug-likeness (QED) is 0.476.